The lowest BCUT2D eigenvalue weighted by atomic mass is 9.85. The highest BCUT2D eigenvalue weighted by Crippen LogP contribution is 2.51. The van der Waals surface area contributed by atoms with Crippen molar-refractivity contribution >= 4 is 35.4 Å². The van der Waals surface area contributed by atoms with Gasteiger partial charge in [-0.1, -0.05) is 84.0 Å². The van der Waals surface area contributed by atoms with Gasteiger partial charge in [-0.05, 0) is 53.8 Å². The second-order valence-corrected chi connectivity index (χ2v) is 16.6. The van der Waals surface area contributed by atoms with Crippen molar-refractivity contribution in [3.8, 4) is 59.7 Å². The third-order valence-electron chi connectivity index (χ3n) is 8.01. The Kier molecular flexibility index (Phi) is 28.4. The summed E-state index contributed by atoms with van der Waals surface area (Å²) in [5.41, 5.74) is 0. The molecule has 0 aromatic rings. The second kappa shape index (κ2) is 30.0. The number of hydrogen-bond donors (Lipinski definition) is 9. The SMILES string of the molecule is C#CC#CC#CC#CC#CC(=O)OC[C@H](COP(=O)(O)OC1C(O)[C@@H](OP(=O)(O)O)C(O)[C@@H](OP(=O)(O)O)[C@H]1O)OC(=O)CCCCCCCCCCCCCCC.N.[HH].[HH].[HH].[HH].[HH].[HH].[HH].[HH].[HH]. The summed E-state index contributed by atoms with van der Waals surface area (Å²) in [6.07, 6.45) is 1.95. The van der Waals surface area contributed by atoms with Crippen LogP contribution in [0.3, 0.4) is 0 Å². The van der Waals surface area contributed by atoms with Gasteiger partial charge < -0.3 is 55.4 Å². The number of phosphoric acid groups is 3. The minimum Gasteiger partial charge on any atom is -0.456 e. The molecule has 23 heteroatoms. The highest BCUT2D eigenvalue weighted by atomic mass is 31.2. The van der Waals surface area contributed by atoms with E-state index in [-0.39, 0.29) is 25.4 Å². The fraction of sp³-hybridized carbons (Fsp3) is 0.667. The van der Waals surface area contributed by atoms with Gasteiger partial charge in [0.2, 0.25) is 0 Å². The number of ether oxygens (including phenoxy) is 2. The number of esters is 2. The molecule has 1 saturated carbocycles. The van der Waals surface area contributed by atoms with Crippen LogP contribution in [0.25, 0.3) is 0 Å². The molecule has 0 aromatic carbocycles. The Hall–Kier alpha value is -3.09. The molecule has 11 N–H and O–H groups in total. The van der Waals surface area contributed by atoms with Crippen molar-refractivity contribution in [2.24, 2.45) is 0 Å². The summed E-state index contributed by atoms with van der Waals surface area (Å²) in [5.74, 6) is 17.9. The van der Waals surface area contributed by atoms with Gasteiger partial charge in [0, 0.05) is 25.2 Å². The molecule has 8 atom stereocenters. The van der Waals surface area contributed by atoms with Crippen molar-refractivity contribution < 1.29 is 103 Å². The standard InChI is InChI=1S/C36H51O19P3.H3N.9H2/c1-3-5-7-9-11-13-14-15-16-17-19-21-23-25-30(38)52-28(26-50-29(37)24-22-20-18-12-10-8-6-4-2)27-51-58(48,49)55-36-32(40)34(53-56(42,43)44)31(39)35(33(36)41)54-57(45,46)47;;;;;;;;;;/h2,28,31-36,39-41H,3,5,7,9,11,13-17,19,21,23,25-27H2,1H3,(H,48,49)(H2,42,43,44)(H2,45,46,47);1H3;9*1H/t28-,31?,32-,33?,34-,35+,36?;;;;;;;;;;/m1........../s1. The van der Waals surface area contributed by atoms with Gasteiger partial charge >= 0.3 is 35.4 Å². The highest BCUT2D eigenvalue weighted by Gasteiger charge is 2.56. The molecule has 1 rings (SSSR count). The van der Waals surface area contributed by atoms with E-state index < -0.39 is 91.3 Å². The fourth-order valence-corrected chi connectivity index (χ4v) is 7.45. The van der Waals surface area contributed by atoms with E-state index in [1.54, 1.807) is 0 Å². The molecule has 4 unspecified atom stereocenters. The van der Waals surface area contributed by atoms with Crippen LogP contribution in [0.1, 0.15) is 110 Å². The average Bonchev–Trinajstić information content (AvgIpc) is 3.14. The minimum atomic E-state index is -5.57. The van der Waals surface area contributed by atoms with E-state index in [4.69, 9.17) is 24.9 Å². The maximum Gasteiger partial charge on any atom is 0.472 e. The number of rotatable bonds is 26. The predicted octanol–water partition coefficient (Wildman–Crippen LogP) is 4.50. The Morgan fingerprint density at radius 2 is 1.03 bits per heavy atom. The van der Waals surface area contributed by atoms with Crippen LogP contribution in [0, 0.1) is 59.7 Å². The van der Waals surface area contributed by atoms with Gasteiger partial charge in [0.1, 0.15) is 43.2 Å². The summed E-state index contributed by atoms with van der Waals surface area (Å²) >= 11 is 0. The molecule has 350 valence electrons. The van der Waals surface area contributed by atoms with Crippen LogP contribution in [0.15, 0.2) is 0 Å². The largest absolute Gasteiger partial charge is 0.472 e. The molecule has 0 aromatic heterocycles. The van der Waals surface area contributed by atoms with Crippen LogP contribution in [-0.4, -0.2) is 108 Å². The van der Waals surface area contributed by atoms with Gasteiger partial charge in [0.05, 0.1) is 6.61 Å². The van der Waals surface area contributed by atoms with E-state index in [1.807, 2.05) is 11.8 Å². The number of terminal acetylenes is 1. The summed E-state index contributed by atoms with van der Waals surface area (Å²) in [5, 5.41) is 31.6. The first-order valence-corrected chi connectivity index (χ1v) is 22.9. The van der Waals surface area contributed by atoms with Crippen LogP contribution in [0.5, 0.6) is 0 Å². The zero-order chi connectivity index (χ0) is 43.6. The minimum absolute atomic E-state index is 0. The Morgan fingerprint density at radius 1 is 0.627 bits per heavy atom. The molecule has 0 aliphatic heterocycles. The zero-order valence-corrected chi connectivity index (χ0v) is 35.2. The molecular weight excluding hydrogens is 843 g/mol. The number of hydrogen-bond acceptors (Lipinski definition) is 15. The monoisotopic (exact) mass is 915 g/mol. The van der Waals surface area contributed by atoms with Crippen molar-refractivity contribution in [2.75, 3.05) is 13.2 Å². The van der Waals surface area contributed by atoms with Crippen molar-refractivity contribution in [2.45, 2.75) is 140 Å². The number of carbonyl (C=O) groups is 2. The normalized spacial score (nSPS) is 21.4. The summed E-state index contributed by atoms with van der Waals surface area (Å²) in [4.78, 5) is 72.2. The number of aliphatic hydroxyl groups is 3. The second-order valence-electron chi connectivity index (χ2n) is 12.8. The van der Waals surface area contributed by atoms with Gasteiger partial charge in [-0.2, -0.15) is 0 Å². The van der Waals surface area contributed by atoms with E-state index in [0.29, 0.717) is 12.8 Å². The van der Waals surface area contributed by atoms with Crippen molar-refractivity contribution in [1.29, 1.82) is 0 Å². The topological polar surface area (TPSA) is 338 Å². The summed E-state index contributed by atoms with van der Waals surface area (Å²) < 4.78 is 64.3. The molecule has 20 nitrogen and oxygen atoms in total. The Labute approximate surface area is 357 Å². The number of phosphoric ester groups is 3. The van der Waals surface area contributed by atoms with E-state index in [9.17, 15) is 63.1 Å². The van der Waals surface area contributed by atoms with E-state index >= 15 is 0 Å². The number of aliphatic hydroxyl groups excluding tert-OH is 3. The first-order valence-electron chi connectivity index (χ1n) is 18.3. The highest BCUT2D eigenvalue weighted by molar-refractivity contribution is 7.47. The van der Waals surface area contributed by atoms with E-state index in [1.165, 1.54) is 44.9 Å². The predicted molar refractivity (Wildman–Crippen MR) is 228 cm³/mol. The van der Waals surface area contributed by atoms with Crippen LogP contribution >= 0.6 is 23.5 Å². The number of unbranched alkanes of at least 4 members (excludes halogenated alkanes) is 12. The van der Waals surface area contributed by atoms with E-state index in [0.717, 1.165) is 25.7 Å². The molecular formula is C36H72NO19P3. The lowest BCUT2D eigenvalue weighted by Gasteiger charge is -2.44. The molecule has 59 heavy (non-hydrogen) atoms. The summed E-state index contributed by atoms with van der Waals surface area (Å²) in [7, 11) is -16.7. The van der Waals surface area contributed by atoms with Crippen LogP contribution in [-0.2, 0) is 50.9 Å². The third kappa shape index (κ3) is 26.7. The van der Waals surface area contributed by atoms with Gasteiger partial charge in [0.25, 0.3) is 0 Å². The third-order valence-corrected chi connectivity index (χ3v) is 10.0. The molecule has 1 aliphatic rings. The summed E-state index contributed by atoms with van der Waals surface area (Å²) in [6.45, 7) is 0.353. The molecule has 0 heterocycles. The molecule has 0 saturated heterocycles. The number of carbonyl (C=O) groups excluding carboxylic acids is 2. The fourth-order valence-electron chi connectivity index (χ4n) is 5.35. The molecule has 1 aliphatic carbocycles. The lowest BCUT2D eigenvalue weighted by Crippen LogP contribution is -2.65. The molecule has 0 bridgehead atoms. The first kappa shape index (κ1) is 55.9. The van der Waals surface area contributed by atoms with Crippen molar-refractivity contribution in [1.82, 2.24) is 6.15 Å². The quantitative estimate of drug-likeness (QED) is 0.0190. The molecule has 0 spiro atoms. The van der Waals surface area contributed by atoms with Gasteiger partial charge in [-0.15, -0.1) is 6.42 Å². The van der Waals surface area contributed by atoms with Crippen LogP contribution in [0.4, 0.5) is 0 Å². The Bertz CT molecular complexity index is 1750. The van der Waals surface area contributed by atoms with Crippen LogP contribution < -0.4 is 6.15 Å². The maximum atomic E-state index is 13.0. The van der Waals surface area contributed by atoms with Crippen LogP contribution in [0.2, 0.25) is 0 Å². The average molecular weight is 916 g/mol. The Balaban J connectivity index is -0.000000420. The van der Waals surface area contributed by atoms with Gasteiger partial charge in [-0.25, -0.2) is 18.5 Å². The zero-order valence-electron chi connectivity index (χ0n) is 32.5. The molecule has 0 amide bonds. The Morgan fingerprint density at radius 3 is 1.47 bits per heavy atom. The van der Waals surface area contributed by atoms with Gasteiger partial charge in [-0.3, -0.25) is 22.9 Å². The van der Waals surface area contributed by atoms with Crippen molar-refractivity contribution in [3.05, 3.63) is 0 Å². The summed E-state index contributed by atoms with van der Waals surface area (Å²) in [6, 6.07) is 0. The lowest BCUT2D eigenvalue weighted by molar-refractivity contribution is -0.213. The first-order chi connectivity index (χ1) is 27.3. The van der Waals surface area contributed by atoms with E-state index in [2.05, 4.69) is 57.4 Å². The maximum absolute atomic E-state index is 13.0. The molecule has 0 radical (unpaired) electrons. The molecule has 1 fully saturated rings. The van der Waals surface area contributed by atoms with Gasteiger partial charge in [0.15, 0.2) is 6.10 Å². The smallest absolute Gasteiger partial charge is 0.456 e. The van der Waals surface area contributed by atoms with Crippen molar-refractivity contribution in [3.63, 3.8) is 0 Å².